The van der Waals surface area contributed by atoms with Gasteiger partial charge >= 0.3 is 0 Å². The van der Waals surface area contributed by atoms with Crippen molar-refractivity contribution in [2.24, 2.45) is 7.05 Å². The number of para-hydroxylation sites is 2. The number of nitrogens with zero attached hydrogens (tertiary/aromatic N) is 4. The van der Waals surface area contributed by atoms with Crippen molar-refractivity contribution in [3.05, 3.63) is 158 Å². The lowest BCUT2D eigenvalue weighted by atomic mass is 10.0. The molecule has 0 aliphatic rings. The molecule has 0 amide bonds. The summed E-state index contributed by atoms with van der Waals surface area (Å²) in [6.07, 6.45) is 6.24. The summed E-state index contributed by atoms with van der Waals surface area (Å²) in [6.45, 7) is 0. The van der Waals surface area contributed by atoms with Crippen LogP contribution >= 0.6 is 0 Å². The quantitative estimate of drug-likeness (QED) is 0.201. The van der Waals surface area contributed by atoms with Crippen LogP contribution in [-0.2, 0) is 7.05 Å². The first-order valence-electron chi connectivity index (χ1n) is 13.8. The molecule has 41 heavy (non-hydrogen) atoms. The molecule has 0 bridgehead atoms. The average Bonchev–Trinajstić information content (AvgIpc) is 3.43. The normalized spacial score (nSPS) is 11.0. The molecule has 196 valence electrons. The van der Waals surface area contributed by atoms with Crippen LogP contribution in [0.2, 0.25) is 0 Å². The molecule has 0 saturated heterocycles. The number of aromatic nitrogens is 3. The first kappa shape index (κ1) is 24.6. The van der Waals surface area contributed by atoms with Crippen molar-refractivity contribution in [3.8, 4) is 33.8 Å². The molecule has 3 heterocycles. The van der Waals surface area contributed by atoms with Crippen LogP contribution in [0.25, 0.3) is 39.3 Å². The third kappa shape index (κ3) is 4.77. The SMILES string of the molecule is C[n+]1cccc(-c2nc(-c3ccc(-c4ccc(N(c5ccccc5)c5ccccc5)cc4)cc3)n3ccccc23)c1. The van der Waals surface area contributed by atoms with Gasteiger partial charge in [0, 0.05) is 34.9 Å². The molecule has 0 radical (unpaired) electrons. The van der Waals surface area contributed by atoms with Gasteiger partial charge in [0.2, 0.25) is 0 Å². The van der Waals surface area contributed by atoms with Gasteiger partial charge in [0.1, 0.15) is 18.6 Å². The number of rotatable bonds is 6. The highest BCUT2D eigenvalue weighted by Crippen LogP contribution is 2.36. The maximum Gasteiger partial charge on any atom is 0.178 e. The summed E-state index contributed by atoms with van der Waals surface area (Å²) >= 11 is 0. The van der Waals surface area contributed by atoms with Gasteiger partial charge in [0.25, 0.3) is 0 Å². The summed E-state index contributed by atoms with van der Waals surface area (Å²) in [4.78, 5) is 7.38. The highest BCUT2D eigenvalue weighted by molar-refractivity contribution is 5.82. The van der Waals surface area contributed by atoms with Crippen molar-refractivity contribution in [3.63, 3.8) is 0 Å². The largest absolute Gasteiger partial charge is 0.311 e. The lowest BCUT2D eigenvalue weighted by Crippen LogP contribution is -2.26. The Bertz CT molecular complexity index is 1880. The number of imidazole rings is 1. The zero-order valence-corrected chi connectivity index (χ0v) is 22.8. The Morgan fingerprint density at radius 1 is 0.537 bits per heavy atom. The van der Waals surface area contributed by atoms with Crippen molar-refractivity contribution in [1.82, 2.24) is 9.38 Å². The minimum absolute atomic E-state index is 0.936. The number of hydrogen-bond acceptors (Lipinski definition) is 2. The van der Waals surface area contributed by atoms with Crippen LogP contribution in [0.4, 0.5) is 17.1 Å². The predicted molar refractivity (Wildman–Crippen MR) is 167 cm³/mol. The second kappa shape index (κ2) is 10.6. The van der Waals surface area contributed by atoms with Crippen LogP contribution in [0, 0.1) is 0 Å². The van der Waals surface area contributed by atoms with Crippen molar-refractivity contribution in [2.75, 3.05) is 4.90 Å². The molecule has 7 aromatic rings. The first-order chi connectivity index (χ1) is 20.2. The van der Waals surface area contributed by atoms with E-state index in [0.29, 0.717) is 0 Å². The topological polar surface area (TPSA) is 24.4 Å². The smallest absolute Gasteiger partial charge is 0.178 e. The zero-order chi connectivity index (χ0) is 27.6. The summed E-state index contributed by atoms with van der Waals surface area (Å²) < 4.78 is 4.23. The van der Waals surface area contributed by atoms with E-state index in [0.717, 1.165) is 45.2 Å². The van der Waals surface area contributed by atoms with Gasteiger partial charge in [-0.1, -0.05) is 78.9 Å². The summed E-state index contributed by atoms with van der Waals surface area (Å²) in [6, 6.07) is 48.9. The van der Waals surface area contributed by atoms with E-state index >= 15 is 0 Å². The third-order valence-corrected chi connectivity index (χ3v) is 7.39. The molecular weight excluding hydrogens is 500 g/mol. The number of benzene rings is 4. The van der Waals surface area contributed by atoms with E-state index in [1.54, 1.807) is 0 Å². The Morgan fingerprint density at radius 3 is 1.73 bits per heavy atom. The first-order valence-corrected chi connectivity index (χ1v) is 13.8. The molecule has 0 aliphatic heterocycles. The van der Waals surface area contributed by atoms with Gasteiger partial charge in [-0.25, -0.2) is 9.55 Å². The van der Waals surface area contributed by atoms with Crippen LogP contribution in [0.15, 0.2) is 158 Å². The van der Waals surface area contributed by atoms with Gasteiger partial charge in [0.05, 0.1) is 11.1 Å². The summed E-state index contributed by atoms with van der Waals surface area (Å²) in [7, 11) is 2.04. The van der Waals surface area contributed by atoms with Crippen molar-refractivity contribution in [2.45, 2.75) is 0 Å². The lowest BCUT2D eigenvalue weighted by molar-refractivity contribution is -0.671. The maximum absolute atomic E-state index is 5.11. The van der Waals surface area contributed by atoms with E-state index in [-0.39, 0.29) is 0 Å². The molecule has 4 heteroatoms. The van der Waals surface area contributed by atoms with Crippen LogP contribution in [-0.4, -0.2) is 9.38 Å². The number of fused-ring (bicyclic) bond motifs is 1. The molecular formula is C37H29N4+. The second-order valence-electron chi connectivity index (χ2n) is 10.1. The van der Waals surface area contributed by atoms with Gasteiger partial charge in [0.15, 0.2) is 12.4 Å². The van der Waals surface area contributed by atoms with Gasteiger partial charge in [-0.2, -0.15) is 0 Å². The Kier molecular flexibility index (Phi) is 6.34. The number of pyridine rings is 2. The van der Waals surface area contributed by atoms with Crippen molar-refractivity contribution >= 4 is 22.6 Å². The fraction of sp³-hybridized carbons (Fsp3) is 0.0270. The van der Waals surface area contributed by atoms with E-state index in [1.165, 1.54) is 11.1 Å². The van der Waals surface area contributed by atoms with Crippen molar-refractivity contribution in [1.29, 1.82) is 0 Å². The highest BCUT2D eigenvalue weighted by atomic mass is 15.1. The molecule has 0 aliphatic carbocycles. The molecule has 0 saturated carbocycles. The monoisotopic (exact) mass is 529 g/mol. The molecule has 4 nitrogen and oxygen atoms in total. The summed E-state index contributed by atoms with van der Waals surface area (Å²) in [5, 5.41) is 0. The van der Waals surface area contributed by atoms with Crippen LogP contribution in [0.1, 0.15) is 0 Å². The molecule has 0 fully saturated rings. The Labute approximate surface area is 240 Å². The lowest BCUT2D eigenvalue weighted by Gasteiger charge is -2.25. The van der Waals surface area contributed by atoms with E-state index < -0.39 is 0 Å². The third-order valence-electron chi connectivity index (χ3n) is 7.39. The van der Waals surface area contributed by atoms with Gasteiger partial charge in [-0.15, -0.1) is 0 Å². The molecule has 0 spiro atoms. The van der Waals surface area contributed by atoms with Crippen LogP contribution in [0.5, 0.6) is 0 Å². The van der Waals surface area contributed by atoms with Gasteiger partial charge in [-0.3, -0.25) is 4.40 Å². The number of aryl methyl sites for hydroxylation is 1. The minimum Gasteiger partial charge on any atom is -0.311 e. The standard InChI is InChI=1S/C37H29N4/c1-39-25-10-11-31(27-39)36-35-16-8-9-26-40(35)37(38-36)30-19-17-28(18-20-30)29-21-23-34(24-22-29)41(32-12-4-2-5-13-32)33-14-6-3-7-15-33/h2-27H,1H3/q+1. The molecule has 4 aromatic carbocycles. The predicted octanol–water partition coefficient (Wildman–Crippen LogP) is 8.63. The van der Waals surface area contributed by atoms with E-state index in [4.69, 9.17) is 4.98 Å². The summed E-state index contributed by atoms with van der Waals surface area (Å²) in [5.41, 5.74) is 9.98. The minimum atomic E-state index is 0.936. The second-order valence-corrected chi connectivity index (χ2v) is 10.1. The van der Waals surface area contributed by atoms with Crippen molar-refractivity contribution < 1.29 is 4.57 Å². The fourth-order valence-electron chi connectivity index (χ4n) is 5.40. The van der Waals surface area contributed by atoms with Crippen LogP contribution in [0.3, 0.4) is 0 Å². The highest BCUT2D eigenvalue weighted by Gasteiger charge is 2.16. The zero-order valence-electron chi connectivity index (χ0n) is 22.8. The summed E-state index contributed by atoms with van der Waals surface area (Å²) in [5.74, 6) is 0.936. The van der Waals surface area contributed by atoms with Crippen LogP contribution < -0.4 is 9.47 Å². The Morgan fingerprint density at radius 2 is 1.10 bits per heavy atom. The molecule has 7 rings (SSSR count). The van der Waals surface area contributed by atoms with E-state index in [2.05, 4.69) is 154 Å². The van der Waals surface area contributed by atoms with Gasteiger partial charge < -0.3 is 4.90 Å². The van der Waals surface area contributed by atoms with E-state index in [1.807, 2.05) is 25.4 Å². The Hall–Kier alpha value is -5.48. The van der Waals surface area contributed by atoms with E-state index in [9.17, 15) is 0 Å². The molecule has 0 unspecified atom stereocenters. The fourth-order valence-corrected chi connectivity index (χ4v) is 5.40. The molecule has 0 atom stereocenters. The average molecular weight is 530 g/mol. The maximum atomic E-state index is 5.11. The molecule has 3 aromatic heterocycles. The number of hydrogen-bond donors (Lipinski definition) is 0. The Balaban J connectivity index is 1.21. The molecule has 0 N–H and O–H groups in total. The van der Waals surface area contributed by atoms with Gasteiger partial charge in [-0.05, 0) is 65.7 Å². The number of anilines is 3.